The maximum Gasteiger partial charge on any atom is 0.322 e. The summed E-state index contributed by atoms with van der Waals surface area (Å²) in [6, 6.07) is 9.54. The summed E-state index contributed by atoms with van der Waals surface area (Å²) >= 11 is 0. The quantitative estimate of drug-likeness (QED) is 0.805. The zero-order valence-electron chi connectivity index (χ0n) is 9.63. The van der Waals surface area contributed by atoms with E-state index in [1.54, 1.807) is 0 Å². The lowest BCUT2D eigenvalue weighted by atomic mass is 10.2. The van der Waals surface area contributed by atoms with Gasteiger partial charge in [0.25, 0.3) is 0 Å². The molecular formula is C13H16N2O2. The molecule has 1 aromatic rings. The highest BCUT2D eigenvalue weighted by atomic mass is 16.5. The number of para-hydroxylation sites is 1. The van der Waals surface area contributed by atoms with Crippen LogP contribution in [0.2, 0.25) is 0 Å². The molecule has 2 fully saturated rings. The molecule has 2 aliphatic heterocycles. The molecule has 4 nitrogen and oxygen atoms in total. The van der Waals surface area contributed by atoms with E-state index in [0.717, 1.165) is 31.6 Å². The first-order valence-electron chi connectivity index (χ1n) is 6.08. The summed E-state index contributed by atoms with van der Waals surface area (Å²) in [7, 11) is 0. The lowest BCUT2D eigenvalue weighted by Crippen LogP contribution is -2.47. The lowest BCUT2D eigenvalue weighted by molar-refractivity contribution is -0.0219. The molecule has 0 radical (unpaired) electrons. The van der Waals surface area contributed by atoms with Crippen molar-refractivity contribution in [3.05, 3.63) is 30.3 Å². The van der Waals surface area contributed by atoms with Gasteiger partial charge in [-0.1, -0.05) is 18.2 Å². The second kappa shape index (κ2) is 4.37. The molecule has 17 heavy (non-hydrogen) atoms. The number of carbonyl (C=O) groups is 1. The van der Waals surface area contributed by atoms with Crippen LogP contribution in [0.25, 0.3) is 0 Å². The summed E-state index contributed by atoms with van der Waals surface area (Å²) in [5.41, 5.74) is 0.844. The van der Waals surface area contributed by atoms with Crippen LogP contribution >= 0.6 is 0 Å². The number of hydrogen-bond acceptors (Lipinski definition) is 2. The van der Waals surface area contributed by atoms with E-state index in [9.17, 15) is 4.79 Å². The smallest absolute Gasteiger partial charge is 0.322 e. The maximum absolute atomic E-state index is 12.0. The summed E-state index contributed by atoms with van der Waals surface area (Å²) < 4.78 is 5.71. The Balaban J connectivity index is 1.63. The second-order valence-electron chi connectivity index (χ2n) is 4.66. The van der Waals surface area contributed by atoms with Crippen molar-refractivity contribution < 1.29 is 9.53 Å². The van der Waals surface area contributed by atoms with Crippen molar-refractivity contribution >= 4 is 11.7 Å². The van der Waals surface area contributed by atoms with Crippen LogP contribution in [0.3, 0.4) is 0 Å². The number of amides is 2. The molecule has 1 aromatic carbocycles. The van der Waals surface area contributed by atoms with Gasteiger partial charge in [-0.15, -0.1) is 0 Å². The van der Waals surface area contributed by atoms with Crippen LogP contribution in [-0.4, -0.2) is 36.2 Å². The Hall–Kier alpha value is -1.55. The third-order valence-corrected chi connectivity index (χ3v) is 3.36. The van der Waals surface area contributed by atoms with E-state index in [1.165, 1.54) is 0 Å². The number of anilines is 1. The van der Waals surface area contributed by atoms with E-state index >= 15 is 0 Å². The van der Waals surface area contributed by atoms with Gasteiger partial charge in [0.2, 0.25) is 0 Å². The van der Waals surface area contributed by atoms with Gasteiger partial charge in [-0.05, 0) is 25.0 Å². The molecule has 2 heterocycles. The topological polar surface area (TPSA) is 41.6 Å². The number of likely N-dealkylation sites (tertiary alicyclic amines) is 1. The van der Waals surface area contributed by atoms with Crippen LogP contribution < -0.4 is 5.32 Å². The third kappa shape index (κ3) is 2.26. The van der Waals surface area contributed by atoms with E-state index in [0.29, 0.717) is 0 Å². The van der Waals surface area contributed by atoms with Crippen molar-refractivity contribution in [3.63, 3.8) is 0 Å². The molecular weight excluding hydrogens is 216 g/mol. The van der Waals surface area contributed by atoms with E-state index in [1.807, 2.05) is 35.2 Å². The first-order valence-corrected chi connectivity index (χ1v) is 6.08. The van der Waals surface area contributed by atoms with Gasteiger partial charge in [0.1, 0.15) is 0 Å². The fraction of sp³-hybridized carbons (Fsp3) is 0.462. The molecule has 0 saturated carbocycles. The van der Waals surface area contributed by atoms with Crippen molar-refractivity contribution in [2.75, 3.05) is 18.4 Å². The summed E-state index contributed by atoms with van der Waals surface area (Å²) in [5, 5.41) is 2.91. The molecule has 90 valence electrons. The van der Waals surface area contributed by atoms with Crippen LogP contribution in [0, 0.1) is 0 Å². The summed E-state index contributed by atoms with van der Waals surface area (Å²) in [5.74, 6) is 0. The van der Waals surface area contributed by atoms with E-state index in [2.05, 4.69) is 5.32 Å². The number of rotatable bonds is 1. The lowest BCUT2D eigenvalue weighted by Gasteiger charge is -2.32. The summed E-state index contributed by atoms with van der Waals surface area (Å²) in [6.07, 6.45) is 2.66. The number of benzene rings is 1. The molecule has 2 amide bonds. The van der Waals surface area contributed by atoms with Gasteiger partial charge in [-0.25, -0.2) is 4.79 Å². The van der Waals surface area contributed by atoms with Gasteiger partial charge in [0.15, 0.2) is 0 Å². The molecule has 1 N–H and O–H groups in total. The van der Waals surface area contributed by atoms with E-state index < -0.39 is 0 Å². The van der Waals surface area contributed by atoms with E-state index in [-0.39, 0.29) is 18.2 Å². The number of nitrogens with zero attached hydrogens (tertiary/aromatic N) is 1. The fourth-order valence-corrected chi connectivity index (χ4v) is 2.50. The molecule has 0 aliphatic carbocycles. The second-order valence-corrected chi connectivity index (χ2v) is 4.66. The predicted molar refractivity (Wildman–Crippen MR) is 64.9 cm³/mol. The summed E-state index contributed by atoms with van der Waals surface area (Å²) in [4.78, 5) is 13.9. The number of ether oxygens (including phenoxy) is 1. The van der Waals surface area contributed by atoms with Crippen LogP contribution in [0.5, 0.6) is 0 Å². The largest absolute Gasteiger partial charge is 0.371 e. The molecule has 2 atom stereocenters. The first kappa shape index (κ1) is 10.6. The molecule has 0 spiro atoms. The predicted octanol–water partition coefficient (Wildman–Crippen LogP) is 2.08. The Morgan fingerprint density at radius 3 is 2.47 bits per heavy atom. The van der Waals surface area contributed by atoms with Gasteiger partial charge in [-0.2, -0.15) is 0 Å². The Kier molecular flexibility index (Phi) is 2.73. The molecule has 2 aliphatic rings. The van der Waals surface area contributed by atoms with Gasteiger partial charge in [-0.3, -0.25) is 0 Å². The fourth-order valence-electron chi connectivity index (χ4n) is 2.50. The highest BCUT2D eigenvalue weighted by Gasteiger charge is 2.35. The minimum absolute atomic E-state index is 0.0172. The van der Waals surface area contributed by atoms with Crippen LogP contribution in [0.1, 0.15) is 12.8 Å². The van der Waals surface area contributed by atoms with Gasteiger partial charge >= 0.3 is 6.03 Å². The SMILES string of the molecule is O=C(Nc1ccccc1)N1CC2CCC(C1)O2. The maximum atomic E-state index is 12.0. The minimum Gasteiger partial charge on any atom is -0.371 e. The zero-order chi connectivity index (χ0) is 11.7. The van der Waals surface area contributed by atoms with Crippen LogP contribution in [0.4, 0.5) is 10.5 Å². The Morgan fingerprint density at radius 2 is 1.82 bits per heavy atom. The van der Waals surface area contributed by atoms with Crippen molar-refractivity contribution in [3.8, 4) is 0 Å². The number of nitrogens with one attached hydrogen (secondary N) is 1. The number of morpholine rings is 1. The summed E-state index contributed by atoms with van der Waals surface area (Å²) in [6.45, 7) is 1.43. The Bertz CT molecular complexity index is 395. The third-order valence-electron chi connectivity index (χ3n) is 3.36. The van der Waals surface area contributed by atoms with Gasteiger partial charge < -0.3 is 15.0 Å². The molecule has 3 rings (SSSR count). The molecule has 2 unspecified atom stereocenters. The molecule has 4 heteroatoms. The monoisotopic (exact) mass is 232 g/mol. The van der Waals surface area contributed by atoms with Crippen LogP contribution in [0.15, 0.2) is 30.3 Å². The van der Waals surface area contributed by atoms with Crippen molar-refractivity contribution in [1.82, 2.24) is 4.90 Å². The average molecular weight is 232 g/mol. The standard InChI is InChI=1S/C13H16N2O2/c16-13(14-10-4-2-1-3-5-10)15-8-11-6-7-12(9-15)17-11/h1-5,11-12H,6-9H2,(H,14,16). The highest BCUT2D eigenvalue weighted by molar-refractivity contribution is 5.89. The number of fused-ring (bicyclic) bond motifs is 2. The van der Waals surface area contributed by atoms with Gasteiger partial charge in [0.05, 0.1) is 12.2 Å². The Labute approximate surface area is 101 Å². The number of hydrogen-bond donors (Lipinski definition) is 1. The van der Waals surface area contributed by atoms with Crippen molar-refractivity contribution in [2.24, 2.45) is 0 Å². The first-order chi connectivity index (χ1) is 8.31. The molecule has 0 aromatic heterocycles. The minimum atomic E-state index is -0.0172. The van der Waals surface area contributed by atoms with Crippen molar-refractivity contribution in [2.45, 2.75) is 25.0 Å². The Morgan fingerprint density at radius 1 is 1.18 bits per heavy atom. The molecule has 2 saturated heterocycles. The van der Waals surface area contributed by atoms with Crippen molar-refractivity contribution in [1.29, 1.82) is 0 Å². The number of urea groups is 1. The molecule has 2 bridgehead atoms. The van der Waals surface area contributed by atoms with Crippen LogP contribution in [-0.2, 0) is 4.74 Å². The number of carbonyl (C=O) groups excluding carboxylic acids is 1. The van der Waals surface area contributed by atoms with Gasteiger partial charge in [0, 0.05) is 18.8 Å². The normalized spacial score (nSPS) is 26.9. The average Bonchev–Trinajstić information content (AvgIpc) is 2.69. The zero-order valence-corrected chi connectivity index (χ0v) is 9.63. The van der Waals surface area contributed by atoms with E-state index in [4.69, 9.17) is 4.74 Å². The highest BCUT2D eigenvalue weighted by Crippen LogP contribution is 2.26.